The van der Waals surface area contributed by atoms with E-state index in [2.05, 4.69) is 19.9 Å². The van der Waals surface area contributed by atoms with Crippen LogP contribution < -0.4 is 9.47 Å². The second-order valence-electron chi connectivity index (χ2n) is 12.2. The minimum Gasteiger partial charge on any atom is -0.488 e. The Morgan fingerprint density at radius 1 is 0.863 bits per heavy atom. The summed E-state index contributed by atoms with van der Waals surface area (Å²) in [6.45, 7) is 7.19. The molecule has 1 aromatic carbocycles. The average molecular weight is 759 g/mol. The lowest BCUT2D eigenvalue weighted by molar-refractivity contribution is 0.0920. The normalized spacial score (nSPS) is 18.4. The van der Waals surface area contributed by atoms with Gasteiger partial charge in [-0.1, -0.05) is 11.6 Å². The van der Waals surface area contributed by atoms with Crippen LogP contribution in [0, 0.1) is 0 Å². The predicted molar refractivity (Wildman–Crippen MR) is 190 cm³/mol. The molecule has 0 saturated carbocycles. The number of pyridine rings is 2. The first-order valence-electron chi connectivity index (χ1n) is 16.4. The maximum Gasteiger partial charge on any atom is 0.260 e. The summed E-state index contributed by atoms with van der Waals surface area (Å²) >= 11 is 5.62. The summed E-state index contributed by atoms with van der Waals surface area (Å²) in [4.78, 5) is 15.7. The van der Waals surface area contributed by atoms with Crippen LogP contribution in [0.2, 0.25) is 5.02 Å². The highest BCUT2D eigenvalue weighted by molar-refractivity contribution is 7.89. The smallest absolute Gasteiger partial charge is 0.260 e. The summed E-state index contributed by atoms with van der Waals surface area (Å²) in [5, 5.41) is 0.519. The molecule has 3 aliphatic rings. The van der Waals surface area contributed by atoms with Gasteiger partial charge in [-0.2, -0.15) is 8.61 Å². The van der Waals surface area contributed by atoms with Crippen molar-refractivity contribution in [2.45, 2.75) is 48.9 Å². The van der Waals surface area contributed by atoms with Gasteiger partial charge in [0.15, 0.2) is 10.1 Å². The molecule has 0 spiro atoms. The van der Waals surface area contributed by atoms with Crippen molar-refractivity contribution in [2.24, 2.45) is 4.99 Å². The van der Waals surface area contributed by atoms with Crippen molar-refractivity contribution in [1.82, 2.24) is 23.6 Å². The molecule has 14 nitrogen and oxygen atoms in total. The first-order valence-corrected chi connectivity index (χ1v) is 19.7. The van der Waals surface area contributed by atoms with E-state index < -0.39 is 20.0 Å². The molecule has 0 bridgehead atoms. The fourth-order valence-electron chi connectivity index (χ4n) is 5.22. The van der Waals surface area contributed by atoms with Gasteiger partial charge in [0.25, 0.3) is 20.0 Å². The van der Waals surface area contributed by atoms with Gasteiger partial charge in [0.05, 0.1) is 24.4 Å². The van der Waals surface area contributed by atoms with Crippen molar-refractivity contribution in [3.63, 3.8) is 0 Å². The monoisotopic (exact) mass is 758 g/mol. The summed E-state index contributed by atoms with van der Waals surface area (Å²) < 4.78 is 74.6. The van der Waals surface area contributed by atoms with E-state index in [0.29, 0.717) is 67.5 Å². The number of benzene rings is 1. The topological polar surface area (TPSA) is 166 Å². The molecule has 0 unspecified atom stereocenters. The van der Waals surface area contributed by atoms with E-state index in [0.717, 1.165) is 29.8 Å². The number of aromatic nitrogens is 3. The lowest BCUT2D eigenvalue weighted by Gasteiger charge is -2.29. The number of sulfonamides is 2. The zero-order valence-electron chi connectivity index (χ0n) is 28.4. The fraction of sp³-hybridized carbons (Fsp3) is 0.382. The highest BCUT2D eigenvalue weighted by Gasteiger charge is 2.31. The standard InChI is InChI=1S/C26H30N4O6S.C8H9ClN2O2S/c1-17-14-28-26(35-17)24-7-6-23(29-24)19-11-21(34-18(2)16-33-3)13-22(12-19)36-20-5-8-25(27-15-20)37(31,32)30-9-4-10-30;9-7-2-3-8(10-6-7)14(12,13)11-4-1-5-11/h5-8,11-13,15,17-18,29H,4,9-10,14,16H2,1-3H3;2-3,6H,1,4-5H2/t17-,18-;/m0./s1. The second-order valence-corrected chi connectivity index (χ2v) is 16.4. The number of methoxy groups -OCH3 is 1. The lowest BCUT2D eigenvalue weighted by Crippen LogP contribution is -2.42. The van der Waals surface area contributed by atoms with Crippen LogP contribution in [0.15, 0.2) is 82.0 Å². The van der Waals surface area contributed by atoms with Gasteiger partial charge in [0.1, 0.15) is 35.2 Å². The van der Waals surface area contributed by atoms with E-state index in [1.807, 2.05) is 38.1 Å². The van der Waals surface area contributed by atoms with E-state index in [-0.39, 0.29) is 22.3 Å². The van der Waals surface area contributed by atoms with Gasteiger partial charge in [0.2, 0.25) is 5.90 Å². The maximum atomic E-state index is 12.6. The van der Waals surface area contributed by atoms with Crippen molar-refractivity contribution in [2.75, 3.05) is 46.4 Å². The number of aliphatic imine (C=N–C) groups is 1. The Balaban J connectivity index is 0.000000267. The number of nitrogens with zero attached hydrogens (tertiary/aromatic N) is 5. The Morgan fingerprint density at radius 3 is 2.02 bits per heavy atom. The molecule has 272 valence electrons. The van der Waals surface area contributed by atoms with Crippen molar-refractivity contribution in [3.8, 4) is 28.5 Å². The number of nitrogens with one attached hydrogen (secondary N) is 1. The molecule has 1 N–H and O–H groups in total. The highest BCUT2D eigenvalue weighted by Crippen LogP contribution is 2.33. The minimum absolute atomic E-state index is 0.0102. The van der Waals surface area contributed by atoms with Gasteiger partial charge in [0, 0.05) is 56.8 Å². The van der Waals surface area contributed by atoms with Crippen LogP contribution in [0.5, 0.6) is 17.2 Å². The van der Waals surface area contributed by atoms with E-state index in [4.69, 9.17) is 30.5 Å². The number of H-pyrrole nitrogens is 1. The predicted octanol–water partition coefficient (Wildman–Crippen LogP) is 4.97. The number of rotatable bonds is 12. The molecule has 6 heterocycles. The Labute approximate surface area is 302 Å². The van der Waals surface area contributed by atoms with E-state index in [1.54, 1.807) is 19.2 Å². The molecule has 2 atom stereocenters. The third-order valence-electron chi connectivity index (χ3n) is 8.13. The van der Waals surface area contributed by atoms with Crippen LogP contribution in [0.1, 0.15) is 32.4 Å². The quantitative estimate of drug-likeness (QED) is 0.209. The van der Waals surface area contributed by atoms with Gasteiger partial charge in [-0.25, -0.2) is 31.8 Å². The Bertz CT molecular complexity index is 2070. The van der Waals surface area contributed by atoms with Crippen LogP contribution >= 0.6 is 11.6 Å². The van der Waals surface area contributed by atoms with Crippen LogP contribution in [0.3, 0.4) is 0 Å². The Kier molecular flexibility index (Phi) is 11.3. The molecule has 0 amide bonds. The van der Waals surface area contributed by atoms with Gasteiger partial charge in [-0.05, 0) is 75.2 Å². The number of aromatic amines is 1. The molecule has 3 aliphatic heterocycles. The molecule has 0 aliphatic carbocycles. The number of hydrogen-bond acceptors (Lipinski definition) is 11. The molecule has 2 fully saturated rings. The van der Waals surface area contributed by atoms with Gasteiger partial charge in [-0.3, -0.25) is 0 Å². The first-order chi connectivity index (χ1) is 24.4. The lowest BCUT2D eigenvalue weighted by atomic mass is 10.1. The summed E-state index contributed by atoms with van der Waals surface area (Å²) in [6.07, 6.45) is 4.43. The van der Waals surface area contributed by atoms with Crippen molar-refractivity contribution >= 4 is 37.5 Å². The maximum absolute atomic E-state index is 12.6. The van der Waals surface area contributed by atoms with Gasteiger partial charge >= 0.3 is 0 Å². The van der Waals surface area contributed by atoms with Crippen LogP contribution in [-0.2, 0) is 29.5 Å². The molecule has 3 aromatic heterocycles. The summed E-state index contributed by atoms with van der Waals surface area (Å²) in [5.74, 6) is 2.11. The SMILES string of the molecule is COC[C@H](C)Oc1cc(Oc2ccc(S(=O)(=O)N3CCC3)nc2)cc(-c2ccc(C3=NC[C@H](C)O3)[nH]2)c1.O=S(=O)(c1ccc(Cl)cn1)N1CCC1. The second kappa shape index (κ2) is 15.7. The van der Waals surface area contributed by atoms with Crippen molar-refractivity contribution in [3.05, 3.63) is 77.7 Å². The van der Waals surface area contributed by atoms with Crippen LogP contribution in [0.4, 0.5) is 0 Å². The number of hydrogen-bond donors (Lipinski definition) is 1. The Hall–Kier alpha value is -4.06. The molecule has 0 radical (unpaired) electrons. The summed E-state index contributed by atoms with van der Waals surface area (Å²) in [7, 11) is -5.29. The molecular weight excluding hydrogens is 720 g/mol. The number of ether oxygens (including phenoxy) is 4. The summed E-state index contributed by atoms with van der Waals surface area (Å²) in [5.41, 5.74) is 2.47. The van der Waals surface area contributed by atoms with Crippen molar-refractivity contribution in [1.29, 1.82) is 0 Å². The van der Waals surface area contributed by atoms with E-state index >= 15 is 0 Å². The molecule has 4 aromatic rings. The average Bonchev–Trinajstić information content (AvgIpc) is 3.69. The van der Waals surface area contributed by atoms with Gasteiger partial charge < -0.3 is 23.9 Å². The van der Waals surface area contributed by atoms with E-state index in [9.17, 15) is 16.8 Å². The van der Waals surface area contributed by atoms with Crippen LogP contribution in [0.25, 0.3) is 11.3 Å². The summed E-state index contributed by atoms with van der Waals surface area (Å²) in [6, 6.07) is 15.4. The zero-order valence-corrected chi connectivity index (χ0v) is 30.7. The highest BCUT2D eigenvalue weighted by atomic mass is 35.5. The molecule has 7 rings (SSSR count). The van der Waals surface area contributed by atoms with Crippen molar-refractivity contribution < 1.29 is 35.8 Å². The van der Waals surface area contributed by atoms with Crippen LogP contribution in [-0.4, -0.2) is 105 Å². The molecule has 51 heavy (non-hydrogen) atoms. The molecule has 2 saturated heterocycles. The fourth-order valence-corrected chi connectivity index (χ4v) is 8.19. The zero-order chi connectivity index (χ0) is 36.2. The molecule has 17 heteroatoms. The first kappa shape index (κ1) is 36.7. The largest absolute Gasteiger partial charge is 0.488 e. The third-order valence-corrected chi connectivity index (χ3v) is 12.0. The number of halogens is 1. The molecular formula is C34H39ClN6O8S2. The third kappa shape index (κ3) is 8.71. The minimum atomic E-state index is -3.56. The van der Waals surface area contributed by atoms with E-state index in [1.165, 1.54) is 39.2 Å². The van der Waals surface area contributed by atoms with Gasteiger partial charge in [-0.15, -0.1) is 0 Å². The Morgan fingerprint density at radius 2 is 1.49 bits per heavy atom.